The second-order valence-electron chi connectivity index (χ2n) is 7.91. The van der Waals surface area contributed by atoms with E-state index in [0.717, 1.165) is 18.5 Å². The van der Waals surface area contributed by atoms with Crippen LogP contribution in [0.25, 0.3) is 0 Å². The molecular weight excluding hydrogens is 335 g/mol. The molecule has 0 saturated carbocycles. The number of rotatable bonds is 5. The number of hydrogen-bond donors (Lipinski definition) is 0. The Labute approximate surface area is 155 Å². The maximum Gasteiger partial charge on any atom is 0.494 e. The summed E-state index contributed by atoms with van der Waals surface area (Å²) in [6.45, 7) is 10.0. The molecule has 2 heterocycles. The first-order valence-corrected chi connectivity index (χ1v) is 9.01. The zero-order valence-electron chi connectivity index (χ0n) is 16.2. The van der Waals surface area contributed by atoms with Crippen molar-refractivity contribution in [2.75, 3.05) is 26.9 Å². The van der Waals surface area contributed by atoms with Gasteiger partial charge >= 0.3 is 13.1 Å². The highest BCUT2D eigenvalue weighted by molar-refractivity contribution is 6.62. The van der Waals surface area contributed by atoms with E-state index in [2.05, 4.69) is 0 Å². The molecule has 2 saturated heterocycles. The molecule has 0 radical (unpaired) electrons. The van der Waals surface area contributed by atoms with E-state index in [9.17, 15) is 4.79 Å². The van der Waals surface area contributed by atoms with Gasteiger partial charge < -0.3 is 23.5 Å². The largest absolute Gasteiger partial charge is 0.494 e. The molecule has 2 aliphatic heterocycles. The molecule has 0 unspecified atom stereocenters. The van der Waals surface area contributed by atoms with Crippen molar-refractivity contribution in [3.05, 3.63) is 23.8 Å². The summed E-state index contributed by atoms with van der Waals surface area (Å²) in [6.07, 6.45) is 0.987. The molecule has 0 bridgehead atoms. The van der Waals surface area contributed by atoms with Gasteiger partial charge in [-0.3, -0.25) is 0 Å². The van der Waals surface area contributed by atoms with Crippen LogP contribution >= 0.6 is 0 Å². The fourth-order valence-corrected chi connectivity index (χ4v) is 2.99. The van der Waals surface area contributed by atoms with E-state index in [1.807, 2.05) is 33.8 Å². The summed E-state index contributed by atoms with van der Waals surface area (Å²) < 4.78 is 28.4. The van der Waals surface area contributed by atoms with E-state index in [4.69, 9.17) is 23.5 Å². The maximum atomic E-state index is 12.1. The fourth-order valence-electron chi connectivity index (χ4n) is 2.99. The first-order chi connectivity index (χ1) is 12.2. The lowest BCUT2D eigenvalue weighted by molar-refractivity contribution is 0.00578. The Hall–Kier alpha value is -1.57. The molecule has 6 nitrogen and oxygen atoms in total. The number of benzene rings is 1. The van der Waals surface area contributed by atoms with E-state index in [1.54, 1.807) is 12.1 Å². The van der Waals surface area contributed by atoms with Crippen molar-refractivity contribution in [1.82, 2.24) is 0 Å². The number of ether oxygens (including phenoxy) is 3. The normalized spacial score (nSPS) is 23.9. The summed E-state index contributed by atoms with van der Waals surface area (Å²) >= 11 is 0. The van der Waals surface area contributed by atoms with Crippen molar-refractivity contribution < 1.29 is 28.3 Å². The van der Waals surface area contributed by atoms with Crippen LogP contribution in [0.15, 0.2) is 18.2 Å². The van der Waals surface area contributed by atoms with Gasteiger partial charge in [-0.15, -0.1) is 0 Å². The summed E-state index contributed by atoms with van der Waals surface area (Å²) in [5, 5.41) is 0. The average Bonchev–Trinajstić information content (AvgIpc) is 3.18. The third kappa shape index (κ3) is 3.90. The molecule has 2 aliphatic rings. The quantitative estimate of drug-likeness (QED) is 0.591. The van der Waals surface area contributed by atoms with Crippen molar-refractivity contribution in [2.45, 2.75) is 45.3 Å². The summed E-state index contributed by atoms with van der Waals surface area (Å²) in [7, 11) is 0.793. The van der Waals surface area contributed by atoms with Gasteiger partial charge in [0.05, 0.1) is 37.1 Å². The van der Waals surface area contributed by atoms with Crippen LogP contribution in [0.5, 0.6) is 5.75 Å². The highest BCUT2D eigenvalue weighted by Gasteiger charge is 2.51. The highest BCUT2D eigenvalue weighted by atomic mass is 16.7. The van der Waals surface area contributed by atoms with Crippen LogP contribution in [0.4, 0.5) is 0 Å². The third-order valence-corrected chi connectivity index (χ3v) is 5.39. The van der Waals surface area contributed by atoms with Crippen LogP contribution in [0, 0.1) is 5.92 Å². The Morgan fingerprint density at radius 2 is 1.88 bits per heavy atom. The minimum absolute atomic E-state index is 0.372. The minimum Gasteiger partial charge on any atom is -0.493 e. The van der Waals surface area contributed by atoms with Gasteiger partial charge in [-0.2, -0.15) is 0 Å². The zero-order valence-corrected chi connectivity index (χ0v) is 16.2. The number of methoxy groups -OCH3 is 1. The number of esters is 1. The predicted molar refractivity (Wildman–Crippen MR) is 97.9 cm³/mol. The lowest BCUT2D eigenvalue weighted by Gasteiger charge is -2.32. The molecule has 0 aliphatic carbocycles. The lowest BCUT2D eigenvalue weighted by Crippen LogP contribution is -2.41. The first-order valence-electron chi connectivity index (χ1n) is 9.01. The van der Waals surface area contributed by atoms with Crippen molar-refractivity contribution in [3.8, 4) is 5.75 Å². The van der Waals surface area contributed by atoms with E-state index in [1.165, 1.54) is 7.11 Å². The van der Waals surface area contributed by atoms with Crippen molar-refractivity contribution in [1.29, 1.82) is 0 Å². The summed E-state index contributed by atoms with van der Waals surface area (Å²) in [5.74, 6) is 0.555. The van der Waals surface area contributed by atoms with Gasteiger partial charge in [0.1, 0.15) is 5.75 Å². The SMILES string of the molecule is COC(=O)c1cc(OC[C@@H]2CCOC2)cc(B2OC(C)(C)C(C)(C)O2)c1. The zero-order chi connectivity index (χ0) is 18.9. The predicted octanol–water partition coefficient (Wildman–Crippen LogP) is 2.19. The van der Waals surface area contributed by atoms with Crippen molar-refractivity contribution in [3.63, 3.8) is 0 Å². The molecule has 0 N–H and O–H groups in total. The Bertz CT molecular complexity index is 650. The molecule has 0 amide bonds. The second kappa shape index (κ2) is 7.21. The molecule has 3 rings (SSSR count). The van der Waals surface area contributed by atoms with Gasteiger partial charge in [0, 0.05) is 12.5 Å². The molecular formula is C19H27BO6. The van der Waals surface area contributed by atoms with Gasteiger partial charge in [-0.05, 0) is 57.8 Å². The molecule has 1 atom stereocenters. The number of carbonyl (C=O) groups is 1. The summed E-state index contributed by atoms with van der Waals surface area (Å²) in [5.41, 5.74) is 0.240. The van der Waals surface area contributed by atoms with E-state index in [-0.39, 0.29) is 0 Å². The standard InChI is InChI=1S/C19H27BO6/c1-18(2)19(3,4)26-20(25-18)15-8-14(17(21)22-5)9-16(10-15)24-12-13-6-7-23-11-13/h8-10,13H,6-7,11-12H2,1-5H3/t13-/m1/s1. The summed E-state index contributed by atoms with van der Waals surface area (Å²) in [6, 6.07) is 5.29. The highest BCUT2D eigenvalue weighted by Crippen LogP contribution is 2.36. The summed E-state index contributed by atoms with van der Waals surface area (Å²) in [4.78, 5) is 12.1. The van der Waals surface area contributed by atoms with Crippen LogP contribution in [-0.2, 0) is 18.8 Å². The Kier molecular flexibility index (Phi) is 5.33. The van der Waals surface area contributed by atoms with Crippen LogP contribution in [-0.4, -0.2) is 51.2 Å². The van der Waals surface area contributed by atoms with Crippen LogP contribution < -0.4 is 10.2 Å². The smallest absolute Gasteiger partial charge is 0.493 e. The van der Waals surface area contributed by atoms with E-state index in [0.29, 0.717) is 30.4 Å². The van der Waals surface area contributed by atoms with Crippen LogP contribution in [0.1, 0.15) is 44.5 Å². The van der Waals surface area contributed by atoms with Crippen molar-refractivity contribution >= 4 is 18.6 Å². The third-order valence-electron chi connectivity index (χ3n) is 5.39. The van der Waals surface area contributed by atoms with E-state index < -0.39 is 24.3 Å². The number of hydrogen-bond acceptors (Lipinski definition) is 6. The molecule has 1 aromatic carbocycles. The molecule has 2 fully saturated rings. The van der Waals surface area contributed by atoms with Gasteiger partial charge in [0.25, 0.3) is 0 Å². The monoisotopic (exact) mass is 362 g/mol. The molecule has 26 heavy (non-hydrogen) atoms. The second-order valence-corrected chi connectivity index (χ2v) is 7.91. The Morgan fingerprint density at radius 1 is 1.19 bits per heavy atom. The van der Waals surface area contributed by atoms with Gasteiger partial charge in [-0.1, -0.05) is 0 Å². The van der Waals surface area contributed by atoms with Gasteiger partial charge in [0.2, 0.25) is 0 Å². The molecule has 142 valence electrons. The molecule has 7 heteroatoms. The lowest BCUT2D eigenvalue weighted by atomic mass is 9.78. The van der Waals surface area contributed by atoms with Gasteiger partial charge in [-0.25, -0.2) is 4.79 Å². The fraction of sp³-hybridized carbons (Fsp3) is 0.632. The maximum absolute atomic E-state index is 12.1. The number of carbonyl (C=O) groups excluding carboxylic acids is 1. The Balaban J connectivity index is 1.84. The minimum atomic E-state index is -0.568. The van der Waals surface area contributed by atoms with E-state index >= 15 is 0 Å². The van der Waals surface area contributed by atoms with Crippen molar-refractivity contribution in [2.24, 2.45) is 5.92 Å². The molecule has 0 aromatic heterocycles. The molecule has 1 aromatic rings. The Morgan fingerprint density at radius 3 is 2.46 bits per heavy atom. The van der Waals surface area contributed by atoms with Crippen LogP contribution in [0.3, 0.4) is 0 Å². The first kappa shape index (κ1) is 19.2. The average molecular weight is 362 g/mol. The topological polar surface area (TPSA) is 63.2 Å². The van der Waals surface area contributed by atoms with Gasteiger partial charge in [0.15, 0.2) is 0 Å². The molecule has 0 spiro atoms. The van der Waals surface area contributed by atoms with Crippen LogP contribution in [0.2, 0.25) is 0 Å².